The first-order valence-corrected chi connectivity index (χ1v) is 7.03. The van der Waals surface area contributed by atoms with Crippen LogP contribution < -0.4 is 5.32 Å². The Balaban J connectivity index is 1.91. The molecule has 0 amide bonds. The van der Waals surface area contributed by atoms with Crippen LogP contribution >= 0.6 is 11.3 Å². The van der Waals surface area contributed by atoms with Gasteiger partial charge in [-0.25, -0.2) is 4.79 Å². The summed E-state index contributed by atoms with van der Waals surface area (Å²) >= 11 is 1.28. The third-order valence-electron chi connectivity index (χ3n) is 3.22. The Kier molecular flexibility index (Phi) is 4.04. The monoisotopic (exact) mass is 269 g/mol. The molecule has 1 fully saturated rings. The van der Waals surface area contributed by atoms with Gasteiger partial charge in [0.2, 0.25) is 0 Å². The van der Waals surface area contributed by atoms with Crippen LogP contribution in [-0.2, 0) is 11.3 Å². The molecule has 2 heterocycles. The van der Waals surface area contributed by atoms with Crippen molar-refractivity contribution in [2.75, 3.05) is 6.61 Å². The Morgan fingerprint density at radius 1 is 1.67 bits per heavy atom. The van der Waals surface area contributed by atoms with Crippen LogP contribution in [0.5, 0.6) is 0 Å². The molecule has 1 unspecified atom stereocenters. The second kappa shape index (κ2) is 5.38. The molecule has 0 aliphatic carbocycles. The van der Waals surface area contributed by atoms with Crippen LogP contribution in [0.4, 0.5) is 0 Å². The van der Waals surface area contributed by atoms with Gasteiger partial charge in [0.1, 0.15) is 4.88 Å². The highest BCUT2D eigenvalue weighted by Crippen LogP contribution is 2.24. The third kappa shape index (κ3) is 3.31. The molecule has 1 aromatic rings. The average Bonchev–Trinajstić information content (AvgIpc) is 2.73. The quantitative estimate of drug-likeness (QED) is 0.881. The average molecular weight is 269 g/mol. The predicted molar refractivity (Wildman–Crippen MR) is 71.2 cm³/mol. The zero-order valence-corrected chi connectivity index (χ0v) is 11.5. The lowest BCUT2D eigenvalue weighted by molar-refractivity contribution is -0.0630. The molecule has 2 rings (SSSR count). The molecule has 0 radical (unpaired) electrons. The summed E-state index contributed by atoms with van der Waals surface area (Å²) in [7, 11) is 0. The van der Waals surface area contributed by atoms with Crippen molar-refractivity contribution in [2.45, 2.75) is 44.9 Å². The summed E-state index contributed by atoms with van der Waals surface area (Å²) in [5.41, 5.74) is 0.789. The largest absolute Gasteiger partial charge is 0.477 e. The van der Waals surface area contributed by atoms with E-state index in [-0.39, 0.29) is 5.60 Å². The molecule has 1 saturated heterocycles. The molecular weight excluding hydrogens is 250 g/mol. The van der Waals surface area contributed by atoms with E-state index in [1.165, 1.54) is 11.3 Å². The lowest BCUT2D eigenvalue weighted by Crippen LogP contribution is -2.43. The SMILES string of the molecule is CC1(C)CC(NCc2ccsc2C(=O)O)CCO1. The number of carbonyl (C=O) groups is 1. The van der Waals surface area contributed by atoms with Crippen LogP contribution in [0.15, 0.2) is 11.4 Å². The van der Waals surface area contributed by atoms with E-state index < -0.39 is 5.97 Å². The molecule has 1 aliphatic heterocycles. The second-order valence-electron chi connectivity index (χ2n) is 5.26. The molecular formula is C13H19NO3S. The van der Waals surface area contributed by atoms with Gasteiger partial charge in [0.25, 0.3) is 0 Å². The number of rotatable bonds is 4. The third-order valence-corrected chi connectivity index (χ3v) is 4.16. The number of nitrogens with one attached hydrogen (secondary N) is 1. The molecule has 1 atom stereocenters. The highest BCUT2D eigenvalue weighted by atomic mass is 32.1. The maximum absolute atomic E-state index is 11.0. The Bertz CT molecular complexity index is 428. The van der Waals surface area contributed by atoms with Gasteiger partial charge in [0.15, 0.2) is 0 Å². The fraction of sp³-hybridized carbons (Fsp3) is 0.615. The number of hydrogen-bond donors (Lipinski definition) is 2. The van der Waals surface area contributed by atoms with Crippen LogP contribution in [0.1, 0.15) is 41.9 Å². The van der Waals surface area contributed by atoms with Crippen molar-refractivity contribution < 1.29 is 14.6 Å². The van der Waals surface area contributed by atoms with Crippen molar-refractivity contribution in [3.8, 4) is 0 Å². The van der Waals surface area contributed by atoms with E-state index in [9.17, 15) is 4.79 Å². The van der Waals surface area contributed by atoms with Crippen molar-refractivity contribution in [1.29, 1.82) is 0 Å². The maximum Gasteiger partial charge on any atom is 0.346 e. The molecule has 0 spiro atoms. The first kappa shape index (κ1) is 13.5. The topological polar surface area (TPSA) is 58.6 Å². The number of ether oxygens (including phenoxy) is 1. The minimum Gasteiger partial charge on any atom is -0.477 e. The van der Waals surface area contributed by atoms with Gasteiger partial charge in [-0.15, -0.1) is 11.3 Å². The van der Waals surface area contributed by atoms with E-state index >= 15 is 0 Å². The zero-order valence-electron chi connectivity index (χ0n) is 10.7. The number of carboxylic acid groups (broad SMARTS) is 1. The summed E-state index contributed by atoms with van der Waals surface area (Å²) in [6, 6.07) is 2.28. The molecule has 0 aromatic carbocycles. The molecule has 5 heteroatoms. The first-order valence-electron chi connectivity index (χ1n) is 6.15. The van der Waals surface area contributed by atoms with E-state index in [0.29, 0.717) is 17.5 Å². The minimum atomic E-state index is -0.839. The Morgan fingerprint density at radius 2 is 2.44 bits per heavy atom. The van der Waals surface area contributed by atoms with Gasteiger partial charge in [0, 0.05) is 19.2 Å². The van der Waals surface area contributed by atoms with Gasteiger partial charge in [0.05, 0.1) is 5.60 Å². The number of carboxylic acids is 1. The van der Waals surface area contributed by atoms with Crippen molar-refractivity contribution in [3.63, 3.8) is 0 Å². The van der Waals surface area contributed by atoms with Gasteiger partial charge in [-0.2, -0.15) is 0 Å². The molecule has 0 bridgehead atoms. The highest BCUT2D eigenvalue weighted by Gasteiger charge is 2.28. The lowest BCUT2D eigenvalue weighted by atomic mass is 9.94. The fourth-order valence-electron chi connectivity index (χ4n) is 2.32. The van der Waals surface area contributed by atoms with Crippen LogP contribution in [0.3, 0.4) is 0 Å². The summed E-state index contributed by atoms with van der Waals surface area (Å²) in [5, 5.41) is 14.3. The molecule has 2 N–H and O–H groups in total. The summed E-state index contributed by atoms with van der Waals surface area (Å²) in [6.45, 7) is 5.56. The van der Waals surface area contributed by atoms with Crippen molar-refractivity contribution in [3.05, 3.63) is 21.9 Å². The smallest absolute Gasteiger partial charge is 0.346 e. The lowest BCUT2D eigenvalue weighted by Gasteiger charge is -2.36. The summed E-state index contributed by atoms with van der Waals surface area (Å²) in [5.74, 6) is -0.839. The molecule has 18 heavy (non-hydrogen) atoms. The van der Waals surface area contributed by atoms with Gasteiger partial charge in [-0.1, -0.05) is 0 Å². The molecule has 4 nitrogen and oxygen atoms in total. The van der Waals surface area contributed by atoms with E-state index in [4.69, 9.17) is 9.84 Å². The minimum absolute atomic E-state index is 0.0831. The van der Waals surface area contributed by atoms with Gasteiger partial charge < -0.3 is 15.2 Å². The van der Waals surface area contributed by atoms with E-state index in [1.54, 1.807) is 0 Å². The normalized spacial score (nSPS) is 22.9. The number of thiophene rings is 1. The summed E-state index contributed by atoms with van der Waals surface area (Å²) < 4.78 is 5.66. The van der Waals surface area contributed by atoms with Crippen LogP contribution in [0.25, 0.3) is 0 Å². The van der Waals surface area contributed by atoms with Crippen molar-refractivity contribution in [1.82, 2.24) is 5.32 Å². The van der Waals surface area contributed by atoms with Crippen LogP contribution in [0.2, 0.25) is 0 Å². The fourth-order valence-corrected chi connectivity index (χ4v) is 3.08. The van der Waals surface area contributed by atoms with Gasteiger partial charge in [-0.3, -0.25) is 0 Å². The predicted octanol–water partition coefficient (Wildman–Crippen LogP) is 2.49. The van der Waals surface area contributed by atoms with Crippen molar-refractivity contribution in [2.24, 2.45) is 0 Å². The Hall–Kier alpha value is -0.910. The molecule has 1 aliphatic rings. The van der Waals surface area contributed by atoms with E-state index in [0.717, 1.165) is 25.0 Å². The maximum atomic E-state index is 11.0. The number of aromatic carboxylic acids is 1. The van der Waals surface area contributed by atoms with Gasteiger partial charge >= 0.3 is 5.97 Å². The zero-order chi connectivity index (χ0) is 13.2. The summed E-state index contributed by atoms with van der Waals surface area (Å²) in [4.78, 5) is 11.4. The van der Waals surface area contributed by atoms with Crippen LogP contribution in [-0.4, -0.2) is 29.3 Å². The Morgan fingerprint density at radius 3 is 3.11 bits per heavy atom. The van der Waals surface area contributed by atoms with E-state index in [1.807, 2.05) is 11.4 Å². The van der Waals surface area contributed by atoms with Gasteiger partial charge in [-0.05, 0) is 43.7 Å². The first-order chi connectivity index (χ1) is 8.48. The molecule has 100 valence electrons. The summed E-state index contributed by atoms with van der Waals surface area (Å²) in [6.07, 6.45) is 1.94. The van der Waals surface area contributed by atoms with Crippen LogP contribution in [0, 0.1) is 0 Å². The molecule has 1 aromatic heterocycles. The van der Waals surface area contributed by atoms with Crippen molar-refractivity contribution >= 4 is 17.3 Å². The number of hydrogen-bond acceptors (Lipinski definition) is 4. The second-order valence-corrected chi connectivity index (χ2v) is 6.18. The Labute approximate surface area is 111 Å². The van der Waals surface area contributed by atoms with E-state index in [2.05, 4.69) is 19.2 Å². The highest BCUT2D eigenvalue weighted by molar-refractivity contribution is 7.12. The molecule has 0 saturated carbocycles. The standard InChI is InChI=1S/C13H19NO3S/c1-13(2)7-10(3-5-17-13)14-8-9-4-6-18-11(9)12(15)16/h4,6,10,14H,3,5,7-8H2,1-2H3,(H,15,16).